The van der Waals surface area contributed by atoms with E-state index in [2.05, 4.69) is 12.2 Å². The zero-order chi connectivity index (χ0) is 11.6. The zero-order valence-electron chi connectivity index (χ0n) is 10.8. The molecule has 16 heavy (non-hydrogen) atoms. The van der Waals surface area contributed by atoms with E-state index in [0.717, 1.165) is 31.7 Å². The SMILES string of the molecule is CCNC1CCCCC1CCOCCOC. The highest BCUT2D eigenvalue weighted by Crippen LogP contribution is 2.26. The topological polar surface area (TPSA) is 30.5 Å². The highest BCUT2D eigenvalue weighted by Gasteiger charge is 2.23. The van der Waals surface area contributed by atoms with E-state index < -0.39 is 0 Å². The van der Waals surface area contributed by atoms with Gasteiger partial charge in [0, 0.05) is 19.8 Å². The molecule has 2 unspecified atom stereocenters. The smallest absolute Gasteiger partial charge is 0.0700 e. The lowest BCUT2D eigenvalue weighted by atomic mass is 9.82. The van der Waals surface area contributed by atoms with Crippen molar-refractivity contribution in [3.63, 3.8) is 0 Å². The predicted molar refractivity (Wildman–Crippen MR) is 66.7 cm³/mol. The van der Waals surface area contributed by atoms with Gasteiger partial charge < -0.3 is 14.8 Å². The fourth-order valence-electron chi connectivity index (χ4n) is 2.56. The summed E-state index contributed by atoms with van der Waals surface area (Å²) in [6.45, 7) is 5.61. The van der Waals surface area contributed by atoms with Crippen LogP contribution in [0.3, 0.4) is 0 Å². The molecule has 0 aliphatic heterocycles. The summed E-state index contributed by atoms with van der Waals surface area (Å²) in [6.07, 6.45) is 6.69. The van der Waals surface area contributed by atoms with Crippen LogP contribution in [0.15, 0.2) is 0 Å². The first kappa shape index (κ1) is 13.9. The second kappa shape index (κ2) is 8.97. The molecule has 1 rings (SSSR count). The van der Waals surface area contributed by atoms with E-state index >= 15 is 0 Å². The molecular weight excluding hydrogens is 202 g/mol. The Labute approximate surface area is 99.9 Å². The zero-order valence-corrected chi connectivity index (χ0v) is 10.8. The minimum Gasteiger partial charge on any atom is -0.382 e. The predicted octanol–water partition coefficient (Wildman–Crippen LogP) is 2.21. The first-order chi connectivity index (χ1) is 7.88. The van der Waals surface area contributed by atoms with Crippen molar-refractivity contribution in [1.29, 1.82) is 0 Å². The van der Waals surface area contributed by atoms with Crippen LogP contribution in [0, 0.1) is 5.92 Å². The Bertz CT molecular complexity index is 162. The van der Waals surface area contributed by atoms with E-state index in [1.807, 2.05) is 0 Å². The van der Waals surface area contributed by atoms with Gasteiger partial charge in [0.25, 0.3) is 0 Å². The number of methoxy groups -OCH3 is 1. The van der Waals surface area contributed by atoms with Gasteiger partial charge in [0.15, 0.2) is 0 Å². The molecule has 96 valence electrons. The molecule has 1 fully saturated rings. The Morgan fingerprint density at radius 2 is 1.94 bits per heavy atom. The number of nitrogens with one attached hydrogen (secondary N) is 1. The van der Waals surface area contributed by atoms with Crippen molar-refractivity contribution < 1.29 is 9.47 Å². The first-order valence-corrected chi connectivity index (χ1v) is 6.68. The van der Waals surface area contributed by atoms with E-state index in [0.29, 0.717) is 6.61 Å². The summed E-state index contributed by atoms with van der Waals surface area (Å²) in [4.78, 5) is 0. The van der Waals surface area contributed by atoms with Crippen molar-refractivity contribution in [3.05, 3.63) is 0 Å². The van der Waals surface area contributed by atoms with Crippen LogP contribution in [0.2, 0.25) is 0 Å². The highest BCUT2D eigenvalue weighted by atomic mass is 16.5. The van der Waals surface area contributed by atoms with Crippen LogP contribution in [0.1, 0.15) is 39.0 Å². The third-order valence-corrected chi connectivity index (χ3v) is 3.44. The molecule has 3 nitrogen and oxygen atoms in total. The molecule has 0 aromatic rings. The summed E-state index contributed by atoms with van der Waals surface area (Å²) in [5.74, 6) is 0.816. The van der Waals surface area contributed by atoms with E-state index in [1.54, 1.807) is 7.11 Å². The quantitative estimate of drug-likeness (QED) is 0.647. The lowest BCUT2D eigenvalue weighted by Crippen LogP contribution is -2.38. The molecule has 1 saturated carbocycles. The molecule has 1 N–H and O–H groups in total. The van der Waals surface area contributed by atoms with Gasteiger partial charge >= 0.3 is 0 Å². The molecule has 0 saturated heterocycles. The van der Waals surface area contributed by atoms with Crippen molar-refractivity contribution in [1.82, 2.24) is 5.32 Å². The molecule has 0 amide bonds. The summed E-state index contributed by atoms with van der Waals surface area (Å²) in [6, 6.07) is 0.727. The molecule has 0 heterocycles. The van der Waals surface area contributed by atoms with Crippen LogP contribution in [0.4, 0.5) is 0 Å². The highest BCUT2D eigenvalue weighted by molar-refractivity contribution is 4.80. The molecule has 1 aliphatic rings. The molecule has 2 atom stereocenters. The van der Waals surface area contributed by atoms with Gasteiger partial charge in [0.2, 0.25) is 0 Å². The monoisotopic (exact) mass is 229 g/mol. The Kier molecular flexibility index (Phi) is 7.81. The van der Waals surface area contributed by atoms with Gasteiger partial charge in [-0.1, -0.05) is 19.8 Å². The Balaban J connectivity index is 2.11. The summed E-state index contributed by atoms with van der Waals surface area (Å²) in [5.41, 5.74) is 0. The molecule has 3 heteroatoms. The third-order valence-electron chi connectivity index (χ3n) is 3.44. The Morgan fingerprint density at radius 3 is 2.69 bits per heavy atom. The van der Waals surface area contributed by atoms with Crippen LogP contribution in [0.25, 0.3) is 0 Å². The lowest BCUT2D eigenvalue weighted by Gasteiger charge is -2.32. The van der Waals surface area contributed by atoms with Crippen molar-refractivity contribution in [2.24, 2.45) is 5.92 Å². The standard InChI is InChI=1S/C13H27NO2/c1-3-14-13-7-5-4-6-12(13)8-9-16-11-10-15-2/h12-14H,3-11H2,1-2H3. The second-order valence-electron chi connectivity index (χ2n) is 4.60. The van der Waals surface area contributed by atoms with E-state index in [-0.39, 0.29) is 0 Å². The maximum absolute atomic E-state index is 5.55. The second-order valence-corrected chi connectivity index (χ2v) is 4.60. The van der Waals surface area contributed by atoms with Gasteiger partial charge in [-0.2, -0.15) is 0 Å². The Morgan fingerprint density at radius 1 is 1.12 bits per heavy atom. The minimum atomic E-state index is 0.710. The van der Waals surface area contributed by atoms with Crippen molar-refractivity contribution in [2.75, 3.05) is 33.5 Å². The fourth-order valence-corrected chi connectivity index (χ4v) is 2.56. The summed E-state index contributed by atoms with van der Waals surface area (Å²) in [5, 5.41) is 3.61. The van der Waals surface area contributed by atoms with Crippen LogP contribution in [-0.2, 0) is 9.47 Å². The molecule has 0 spiro atoms. The normalized spacial score (nSPS) is 25.9. The van der Waals surface area contributed by atoms with E-state index in [4.69, 9.17) is 9.47 Å². The molecular formula is C13H27NO2. The summed E-state index contributed by atoms with van der Waals surface area (Å²) in [7, 11) is 1.71. The number of rotatable bonds is 8. The minimum absolute atomic E-state index is 0.710. The van der Waals surface area contributed by atoms with Gasteiger partial charge in [-0.15, -0.1) is 0 Å². The number of hydrogen-bond donors (Lipinski definition) is 1. The van der Waals surface area contributed by atoms with Gasteiger partial charge in [0.05, 0.1) is 13.2 Å². The molecule has 0 bridgehead atoms. The van der Waals surface area contributed by atoms with Crippen molar-refractivity contribution in [2.45, 2.75) is 45.1 Å². The maximum atomic E-state index is 5.55. The van der Waals surface area contributed by atoms with Gasteiger partial charge in [0.1, 0.15) is 0 Å². The number of ether oxygens (including phenoxy) is 2. The average molecular weight is 229 g/mol. The molecule has 1 aliphatic carbocycles. The molecule has 0 aromatic carbocycles. The van der Waals surface area contributed by atoms with Crippen LogP contribution < -0.4 is 5.32 Å². The summed E-state index contributed by atoms with van der Waals surface area (Å²) < 4.78 is 10.5. The van der Waals surface area contributed by atoms with Gasteiger partial charge in [-0.3, -0.25) is 0 Å². The van der Waals surface area contributed by atoms with Gasteiger partial charge in [-0.25, -0.2) is 0 Å². The molecule has 0 aromatic heterocycles. The first-order valence-electron chi connectivity index (χ1n) is 6.68. The van der Waals surface area contributed by atoms with Crippen LogP contribution in [-0.4, -0.2) is 39.5 Å². The Hall–Kier alpha value is -0.120. The fraction of sp³-hybridized carbons (Fsp3) is 1.00. The number of hydrogen-bond acceptors (Lipinski definition) is 3. The third kappa shape index (κ3) is 5.28. The maximum Gasteiger partial charge on any atom is 0.0700 e. The van der Waals surface area contributed by atoms with Gasteiger partial charge in [-0.05, 0) is 31.7 Å². The molecule has 0 radical (unpaired) electrons. The average Bonchev–Trinajstić information content (AvgIpc) is 2.31. The van der Waals surface area contributed by atoms with E-state index in [1.165, 1.54) is 32.1 Å². The summed E-state index contributed by atoms with van der Waals surface area (Å²) >= 11 is 0. The lowest BCUT2D eigenvalue weighted by molar-refractivity contribution is 0.0580. The van der Waals surface area contributed by atoms with Crippen molar-refractivity contribution >= 4 is 0 Å². The largest absolute Gasteiger partial charge is 0.382 e. The van der Waals surface area contributed by atoms with Crippen LogP contribution in [0.5, 0.6) is 0 Å². The van der Waals surface area contributed by atoms with E-state index in [9.17, 15) is 0 Å². The van der Waals surface area contributed by atoms with Crippen LogP contribution >= 0.6 is 0 Å². The van der Waals surface area contributed by atoms with Crippen molar-refractivity contribution in [3.8, 4) is 0 Å².